The summed E-state index contributed by atoms with van der Waals surface area (Å²) < 4.78 is 16.8. The zero-order valence-corrected chi connectivity index (χ0v) is 20.2. The lowest BCUT2D eigenvalue weighted by atomic mass is 10.0. The van der Waals surface area contributed by atoms with Crippen molar-refractivity contribution in [2.75, 3.05) is 38.8 Å². The van der Waals surface area contributed by atoms with Crippen LogP contribution in [0.1, 0.15) is 42.1 Å². The molecule has 2 heterocycles. The zero-order chi connectivity index (χ0) is 23.9. The number of anilines is 1. The molecular weight excluding hydrogens is 430 g/mol. The van der Waals surface area contributed by atoms with Gasteiger partial charge in [0.25, 0.3) is 5.91 Å². The number of aromatic nitrogens is 1. The molecule has 4 rings (SSSR count). The van der Waals surface area contributed by atoms with Crippen LogP contribution in [-0.2, 0) is 11.3 Å². The molecule has 2 aromatic carbocycles. The van der Waals surface area contributed by atoms with Gasteiger partial charge >= 0.3 is 0 Å². The minimum absolute atomic E-state index is 0.118. The fraction of sp³-hybridized carbons (Fsp3) is 0.407. The second-order valence-corrected chi connectivity index (χ2v) is 8.64. The van der Waals surface area contributed by atoms with E-state index in [2.05, 4.69) is 17.0 Å². The molecule has 1 aromatic heterocycles. The number of hydrogen-bond donors (Lipinski definition) is 0. The molecule has 34 heavy (non-hydrogen) atoms. The molecule has 0 N–H and O–H groups in total. The van der Waals surface area contributed by atoms with Crippen molar-refractivity contribution in [2.24, 2.45) is 0 Å². The van der Waals surface area contributed by atoms with Gasteiger partial charge in [0.15, 0.2) is 0 Å². The topological polar surface area (TPSA) is 68.0 Å². The summed E-state index contributed by atoms with van der Waals surface area (Å²) in [7, 11) is 3.22. The van der Waals surface area contributed by atoms with Crippen molar-refractivity contribution in [3.05, 3.63) is 65.7 Å². The molecule has 7 nitrogen and oxygen atoms in total. The van der Waals surface area contributed by atoms with Gasteiger partial charge in [-0.3, -0.25) is 4.79 Å². The summed E-state index contributed by atoms with van der Waals surface area (Å²) in [4.78, 5) is 17.8. The molecule has 1 amide bonds. The van der Waals surface area contributed by atoms with Crippen molar-refractivity contribution < 1.29 is 18.8 Å². The molecule has 1 aliphatic rings. The molecule has 0 aliphatic carbocycles. The Labute approximate surface area is 201 Å². The normalized spacial score (nSPS) is 15.9. The first-order valence-corrected chi connectivity index (χ1v) is 11.9. The van der Waals surface area contributed by atoms with Gasteiger partial charge in [0.05, 0.1) is 31.4 Å². The van der Waals surface area contributed by atoms with Crippen LogP contribution in [0.3, 0.4) is 0 Å². The van der Waals surface area contributed by atoms with E-state index in [0.717, 1.165) is 42.1 Å². The molecule has 1 aliphatic heterocycles. The summed E-state index contributed by atoms with van der Waals surface area (Å²) in [6.45, 7) is 4.34. The van der Waals surface area contributed by atoms with Gasteiger partial charge in [0.1, 0.15) is 11.4 Å². The van der Waals surface area contributed by atoms with Crippen LogP contribution in [0.25, 0.3) is 11.3 Å². The van der Waals surface area contributed by atoms with Crippen LogP contribution in [0.2, 0.25) is 0 Å². The van der Waals surface area contributed by atoms with Gasteiger partial charge in [-0.15, -0.1) is 0 Å². The molecule has 0 saturated carbocycles. The molecule has 1 atom stereocenters. The predicted molar refractivity (Wildman–Crippen MR) is 132 cm³/mol. The van der Waals surface area contributed by atoms with Crippen molar-refractivity contribution in [1.29, 1.82) is 0 Å². The number of carbonyl (C=O) groups is 1. The lowest BCUT2D eigenvalue weighted by Gasteiger charge is -2.34. The summed E-state index contributed by atoms with van der Waals surface area (Å²) >= 11 is 0. The number of hydrogen-bond acceptors (Lipinski definition) is 6. The summed E-state index contributed by atoms with van der Waals surface area (Å²) in [6.07, 6.45) is 3.42. The van der Waals surface area contributed by atoms with E-state index in [-0.39, 0.29) is 5.91 Å². The number of rotatable bonds is 9. The Morgan fingerprint density at radius 2 is 1.88 bits per heavy atom. The summed E-state index contributed by atoms with van der Waals surface area (Å²) in [5.41, 5.74) is 3.17. The van der Waals surface area contributed by atoms with Gasteiger partial charge in [-0.1, -0.05) is 47.6 Å². The number of amides is 1. The minimum Gasteiger partial charge on any atom is -0.496 e. The largest absolute Gasteiger partial charge is 0.496 e. The van der Waals surface area contributed by atoms with Gasteiger partial charge in [-0.2, -0.15) is 0 Å². The fourth-order valence-corrected chi connectivity index (χ4v) is 4.53. The highest BCUT2D eigenvalue weighted by molar-refractivity contribution is 5.97. The first kappa shape index (κ1) is 23.8. The van der Waals surface area contributed by atoms with E-state index in [1.807, 2.05) is 42.5 Å². The standard InChI is InChI=1S/C27H33N3O4/c1-20-11-9-10-16-30(20)27-23(25(28-34-27)21-12-5-4-6-13-21)19-29(17-18-32-2)26(31)22-14-7-8-15-24(22)33-3/h4-8,12-15,20H,9-11,16-19H2,1-3H3/t20-/m0/s1. The molecule has 1 fully saturated rings. The molecule has 3 aromatic rings. The summed E-state index contributed by atoms with van der Waals surface area (Å²) in [6, 6.07) is 17.6. The maximum absolute atomic E-state index is 13.7. The number of para-hydroxylation sites is 1. The maximum atomic E-state index is 13.7. The number of carbonyl (C=O) groups excluding carboxylic acids is 1. The Balaban J connectivity index is 1.75. The number of piperidine rings is 1. The van der Waals surface area contributed by atoms with Gasteiger partial charge in [0.2, 0.25) is 5.88 Å². The van der Waals surface area contributed by atoms with E-state index < -0.39 is 0 Å². The molecular formula is C27H33N3O4. The van der Waals surface area contributed by atoms with Crippen LogP contribution in [0, 0.1) is 0 Å². The third kappa shape index (κ3) is 5.09. The van der Waals surface area contributed by atoms with E-state index in [9.17, 15) is 4.79 Å². The summed E-state index contributed by atoms with van der Waals surface area (Å²) in [5, 5.41) is 4.48. The van der Waals surface area contributed by atoms with E-state index in [0.29, 0.717) is 37.1 Å². The monoisotopic (exact) mass is 463 g/mol. The Morgan fingerprint density at radius 1 is 1.12 bits per heavy atom. The Kier molecular flexibility index (Phi) is 7.85. The Hall–Kier alpha value is -3.32. The van der Waals surface area contributed by atoms with Crippen molar-refractivity contribution in [3.63, 3.8) is 0 Å². The third-order valence-corrected chi connectivity index (χ3v) is 6.42. The SMILES string of the molecule is COCCN(Cc1c(-c2ccccc2)noc1N1CCCC[C@@H]1C)C(=O)c1ccccc1OC. The van der Waals surface area contributed by atoms with Gasteiger partial charge in [-0.25, -0.2) is 0 Å². The lowest BCUT2D eigenvalue weighted by molar-refractivity contribution is 0.0677. The van der Waals surface area contributed by atoms with Crippen LogP contribution in [0.4, 0.5) is 5.88 Å². The number of methoxy groups -OCH3 is 2. The minimum atomic E-state index is -0.118. The molecule has 180 valence electrons. The quantitative estimate of drug-likeness (QED) is 0.444. The van der Waals surface area contributed by atoms with Crippen LogP contribution >= 0.6 is 0 Å². The first-order valence-electron chi connectivity index (χ1n) is 11.9. The highest BCUT2D eigenvalue weighted by Gasteiger charge is 2.30. The van der Waals surface area contributed by atoms with E-state index in [1.54, 1.807) is 31.3 Å². The van der Waals surface area contributed by atoms with E-state index in [1.165, 1.54) is 6.42 Å². The smallest absolute Gasteiger partial charge is 0.258 e. The molecule has 0 bridgehead atoms. The Morgan fingerprint density at radius 3 is 2.62 bits per heavy atom. The van der Waals surface area contributed by atoms with Crippen LogP contribution in [0.15, 0.2) is 59.1 Å². The molecule has 1 saturated heterocycles. The zero-order valence-electron chi connectivity index (χ0n) is 20.2. The number of ether oxygens (including phenoxy) is 2. The van der Waals surface area contributed by atoms with Crippen molar-refractivity contribution >= 4 is 11.8 Å². The van der Waals surface area contributed by atoms with Gasteiger partial charge in [0, 0.05) is 31.8 Å². The highest BCUT2D eigenvalue weighted by Crippen LogP contribution is 2.36. The molecule has 0 unspecified atom stereocenters. The van der Waals surface area contributed by atoms with E-state index in [4.69, 9.17) is 14.0 Å². The van der Waals surface area contributed by atoms with E-state index >= 15 is 0 Å². The van der Waals surface area contributed by atoms with Crippen molar-refractivity contribution in [3.8, 4) is 17.0 Å². The Bertz CT molecular complexity index is 1080. The van der Waals surface area contributed by atoms with Crippen LogP contribution in [0.5, 0.6) is 5.75 Å². The van der Waals surface area contributed by atoms with Gasteiger partial charge in [-0.05, 0) is 38.3 Å². The summed E-state index contributed by atoms with van der Waals surface area (Å²) in [5.74, 6) is 1.18. The molecule has 7 heteroatoms. The fourth-order valence-electron chi connectivity index (χ4n) is 4.53. The molecule has 0 radical (unpaired) electrons. The van der Waals surface area contributed by atoms with Crippen LogP contribution < -0.4 is 9.64 Å². The van der Waals surface area contributed by atoms with Crippen molar-refractivity contribution in [2.45, 2.75) is 38.8 Å². The third-order valence-electron chi connectivity index (χ3n) is 6.42. The highest BCUT2D eigenvalue weighted by atomic mass is 16.5. The average Bonchev–Trinajstić information content (AvgIpc) is 3.30. The van der Waals surface area contributed by atoms with Gasteiger partial charge < -0.3 is 23.8 Å². The second kappa shape index (κ2) is 11.2. The van der Waals surface area contributed by atoms with Crippen LogP contribution in [-0.4, -0.2) is 55.9 Å². The second-order valence-electron chi connectivity index (χ2n) is 8.64. The maximum Gasteiger partial charge on any atom is 0.258 e. The number of benzene rings is 2. The predicted octanol–water partition coefficient (Wildman–Crippen LogP) is 5.02. The number of nitrogens with zero attached hydrogens (tertiary/aromatic N) is 3. The lowest BCUT2D eigenvalue weighted by Crippen LogP contribution is -2.39. The van der Waals surface area contributed by atoms with Crippen molar-refractivity contribution in [1.82, 2.24) is 10.1 Å². The first-order chi connectivity index (χ1) is 16.6. The molecule has 0 spiro atoms. The average molecular weight is 464 g/mol.